The van der Waals surface area contributed by atoms with Crippen LogP contribution < -0.4 is 10.5 Å². The lowest BCUT2D eigenvalue weighted by molar-refractivity contribution is 0.383. The van der Waals surface area contributed by atoms with Crippen LogP contribution in [-0.4, -0.2) is 23.6 Å². The van der Waals surface area contributed by atoms with Gasteiger partial charge < -0.3 is 15.5 Å². The molecule has 1 unspecified atom stereocenters. The van der Waals surface area contributed by atoms with E-state index in [0.29, 0.717) is 18.1 Å². The van der Waals surface area contributed by atoms with Crippen LogP contribution in [0.1, 0.15) is 18.7 Å². The first-order valence-electron chi connectivity index (χ1n) is 5.85. The van der Waals surface area contributed by atoms with Crippen LogP contribution in [0.15, 0.2) is 18.3 Å². The third kappa shape index (κ3) is 2.58. The average molecular weight is 267 g/mol. The summed E-state index contributed by atoms with van der Waals surface area (Å²) in [6.07, 6.45) is 1.46. The third-order valence-electron chi connectivity index (χ3n) is 2.95. The average Bonchev–Trinajstić information content (AvgIpc) is 2.89. The number of nitrogens with two attached hydrogens (primary N) is 1. The molecule has 0 amide bonds. The van der Waals surface area contributed by atoms with Crippen LogP contribution in [0.25, 0.3) is 11.3 Å². The summed E-state index contributed by atoms with van der Waals surface area (Å²) in [6, 6.07) is 2.09. The van der Waals surface area contributed by atoms with Crippen molar-refractivity contribution >= 4 is 0 Å². The number of H-pyrrole nitrogens is 1. The second-order valence-electron chi connectivity index (χ2n) is 4.29. The monoisotopic (exact) mass is 267 g/mol. The van der Waals surface area contributed by atoms with E-state index in [9.17, 15) is 8.78 Å². The standard InChI is InChI=1S/C13H15F2N3O/c1-7(5-16)13-17-6-11(18-13)8-3-10(15)12(19-2)4-9(8)14/h3-4,6-7H,5,16H2,1-2H3,(H,17,18). The van der Waals surface area contributed by atoms with Gasteiger partial charge in [-0.2, -0.15) is 0 Å². The molecule has 1 aromatic carbocycles. The van der Waals surface area contributed by atoms with Crippen molar-refractivity contribution in [1.29, 1.82) is 0 Å². The second-order valence-corrected chi connectivity index (χ2v) is 4.29. The van der Waals surface area contributed by atoms with E-state index in [4.69, 9.17) is 10.5 Å². The Morgan fingerprint density at radius 3 is 2.74 bits per heavy atom. The zero-order chi connectivity index (χ0) is 14.0. The molecule has 1 heterocycles. The van der Waals surface area contributed by atoms with Crippen LogP contribution in [0.5, 0.6) is 5.75 Å². The number of ether oxygens (including phenoxy) is 1. The molecular weight excluding hydrogens is 252 g/mol. The normalized spacial score (nSPS) is 12.5. The molecule has 0 aliphatic heterocycles. The highest BCUT2D eigenvalue weighted by molar-refractivity contribution is 5.61. The first-order chi connectivity index (χ1) is 9.06. The fourth-order valence-corrected chi connectivity index (χ4v) is 1.73. The predicted molar refractivity (Wildman–Crippen MR) is 68.0 cm³/mol. The molecule has 2 rings (SSSR count). The molecule has 0 aliphatic rings. The first-order valence-corrected chi connectivity index (χ1v) is 5.85. The van der Waals surface area contributed by atoms with Crippen molar-refractivity contribution < 1.29 is 13.5 Å². The minimum Gasteiger partial charge on any atom is -0.494 e. The highest BCUT2D eigenvalue weighted by atomic mass is 19.1. The van der Waals surface area contributed by atoms with Crippen molar-refractivity contribution in [2.24, 2.45) is 5.73 Å². The maximum absolute atomic E-state index is 13.9. The number of nitrogens with one attached hydrogen (secondary N) is 1. The number of nitrogens with zero attached hydrogens (tertiary/aromatic N) is 1. The van der Waals surface area contributed by atoms with Crippen LogP contribution in [0, 0.1) is 11.6 Å². The number of aromatic nitrogens is 2. The highest BCUT2D eigenvalue weighted by Gasteiger charge is 2.15. The Kier molecular flexibility index (Phi) is 3.80. The predicted octanol–water partition coefficient (Wildman–Crippen LogP) is 2.43. The molecule has 0 saturated carbocycles. The van der Waals surface area contributed by atoms with Gasteiger partial charge in [-0.1, -0.05) is 6.92 Å². The lowest BCUT2D eigenvalue weighted by atomic mass is 10.1. The molecule has 0 aliphatic carbocycles. The zero-order valence-electron chi connectivity index (χ0n) is 10.7. The molecule has 4 nitrogen and oxygen atoms in total. The van der Waals surface area contributed by atoms with E-state index in [2.05, 4.69) is 9.97 Å². The van der Waals surface area contributed by atoms with E-state index in [1.54, 1.807) is 0 Å². The van der Waals surface area contributed by atoms with Crippen molar-refractivity contribution in [2.45, 2.75) is 12.8 Å². The highest BCUT2D eigenvalue weighted by Crippen LogP contribution is 2.28. The number of aromatic amines is 1. The van der Waals surface area contributed by atoms with Gasteiger partial charge in [-0.25, -0.2) is 13.8 Å². The molecule has 3 N–H and O–H groups in total. The minimum absolute atomic E-state index is 0.0277. The Morgan fingerprint density at radius 2 is 2.11 bits per heavy atom. The molecule has 19 heavy (non-hydrogen) atoms. The Morgan fingerprint density at radius 1 is 1.37 bits per heavy atom. The minimum atomic E-state index is -0.623. The van der Waals surface area contributed by atoms with E-state index in [1.807, 2.05) is 6.92 Å². The number of hydrogen-bond donors (Lipinski definition) is 2. The Bertz CT molecular complexity index is 583. The van der Waals surface area contributed by atoms with Crippen molar-refractivity contribution in [3.8, 4) is 17.0 Å². The molecular formula is C13H15F2N3O. The molecule has 6 heteroatoms. The van der Waals surface area contributed by atoms with Crippen molar-refractivity contribution in [2.75, 3.05) is 13.7 Å². The van der Waals surface area contributed by atoms with Gasteiger partial charge in [0.25, 0.3) is 0 Å². The summed E-state index contributed by atoms with van der Waals surface area (Å²) in [6.45, 7) is 2.32. The quantitative estimate of drug-likeness (QED) is 0.894. The summed E-state index contributed by atoms with van der Waals surface area (Å²) in [5, 5.41) is 0. The smallest absolute Gasteiger partial charge is 0.165 e. The van der Waals surface area contributed by atoms with Gasteiger partial charge in [-0.15, -0.1) is 0 Å². The van der Waals surface area contributed by atoms with Crippen LogP contribution in [0.3, 0.4) is 0 Å². The number of hydrogen-bond acceptors (Lipinski definition) is 3. The number of methoxy groups -OCH3 is 1. The summed E-state index contributed by atoms with van der Waals surface area (Å²) >= 11 is 0. The lowest BCUT2D eigenvalue weighted by Gasteiger charge is -2.06. The topological polar surface area (TPSA) is 63.9 Å². The SMILES string of the molecule is COc1cc(F)c(-c2cnc(C(C)CN)[nH]2)cc1F. The van der Waals surface area contributed by atoms with E-state index < -0.39 is 11.6 Å². The van der Waals surface area contributed by atoms with Crippen molar-refractivity contribution in [3.63, 3.8) is 0 Å². The second kappa shape index (κ2) is 5.36. The third-order valence-corrected chi connectivity index (χ3v) is 2.95. The number of rotatable bonds is 4. The Hall–Kier alpha value is -1.95. The number of benzene rings is 1. The number of imidazole rings is 1. The van der Waals surface area contributed by atoms with Gasteiger partial charge in [-0.05, 0) is 6.07 Å². The van der Waals surface area contributed by atoms with Gasteiger partial charge in [0, 0.05) is 24.1 Å². The summed E-state index contributed by atoms with van der Waals surface area (Å²) in [5.41, 5.74) is 6.06. The van der Waals surface area contributed by atoms with E-state index in [1.165, 1.54) is 13.3 Å². The summed E-state index contributed by atoms with van der Waals surface area (Å²) in [5.74, 6) is -0.653. The van der Waals surface area contributed by atoms with Crippen LogP contribution in [0.4, 0.5) is 8.78 Å². The molecule has 102 valence electrons. The fourth-order valence-electron chi connectivity index (χ4n) is 1.73. The largest absolute Gasteiger partial charge is 0.494 e. The molecule has 0 fully saturated rings. The molecule has 0 bridgehead atoms. The molecule has 1 atom stereocenters. The van der Waals surface area contributed by atoms with Gasteiger partial charge in [0.1, 0.15) is 11.6 Å². The van der Waals surface area contributed by atoms with Gasteiger partial charge >= 0.3 is 0 Å². The van der Waals surface area contributed by atoms with E-state index in [0.717, 1.165) is 12.1 Å². The van der Waals surface area contributed by atoms with Crippen molar-refractivity contribution in [3.05, 3.63) is 35.8 Å². The maximum atomic E-state index is 13.9. The van der Waals surface area contributed by atoms with Crippen molar-refractivity contribution in [1.82, 2.24) is 9.97 Å². The van der Waals surface area contributed by atoms with E-state index >= 15 is 0 Å². The molecule has 0 spiro atoms. The van der Waals surface area contributed by atoms with Gasteiger partial charge in [0.2, 0.25) is 0 Å². The molecule has 2 aromatic rings. The molecule has 0 saturated heterocycles. The van der Waals surface area contributed by atoms with Gasteiger partial charge in [0.05, 0.1) is 19.0 Å². The van der Waals surface area contributed by atoms with Gasteiger partial charge in [-0.3, -0.25) is 0 Å². The summed E-state index contributed by atoms with van der Waals surface area (Å²) < 4.78 is 32.2. The van der Waals surface area contributed by atoms with E-state index in [-0.39, 0.29) is 17.2 Å². The maximum Gasteiger partial charge on any atom is 0.165 e. The molecule has 0 radical (unpaired) electrons. The fraction of sp³-hybridized carbons (Fsp3) is 0.308. The zero-order valence-corrected chi connectivity index (χ0v) is 10.7. The van der Waals surface area contributed by atoms with Crippen LogP contribution in [-0.2, 0) is 0 Å². The lowest BCUT2D eigenvalue weighted by Crippen LogP contribution is -2.10. The van der Waals surface area contributed by atoms with Crippen LogP contribution in [0.2, 0.25) is 0 Å². The Balaban J connectivity index is 2.42. The van der Waals surface area contributed by atoms with Crippen LogP contribution >= 0.6 is 0 Å². The number of halogens is 2. The van der Waals surface area contributed by atoms with Gasteiger partial charge in [0.15, 0.2) is 11.6 Å². The first kappa shape index (κ1) is 13.5. The molecule has 1 aromatic heterocycles. The summed E-state index contributed by atoms with van der Waals surface area (Å²) in [7, 11) is 1.29. The Labute approximate surface area is 109 Å². The summed E-state index contributed by atoms with van der Waals surface area (Å²) in [4.78, 5) is 7.07.